The van der Waals surface area contributed by atoms with Gasteiger partial charge in [0.25, 0.3) is 5.91 Å². The number of aliphatic hydroxyl groups is 1. The fraction of sp³-hybridized carbons (Fsp3) is 0.269. The van der Waals surface area contributed by atoms with Crippen LogP contribution in [0.4, 0.5) is 21.6 Å². The predicted octanol–water partition coefficient (Wildman–Crippen LogP) is 3.24. The Morgan fingerprint density at radius 3 is 2.34 bits per heavy atom. The average Bonchev–Trinajstić information content (AvgIpc) is 2.92. The molecule has 0 radical (unpaired) electrons. The molecule has 1 saturated heterocycles. The second-order valence-corrected chi connectivity index (χ2v) is 8.14. The van der Waals surface area contributed by atoms with E-state index in [0.29, 0.717) is 22.6 Å². The van der Waals surface area contributed by atoms with Crippen LogP contribution in [0.15, 0.2) is 66.9 Å². The Bertz CT molecular complexity index is 1160. The monoisotopic (exact) mass is 475 g/mol. The van der Waals surface area contributed by atoms with Gasteiger partial charge in [-0.25, -0.2) is 9.37 Å². The van der Waals surface area contributed by atoms with Crippen LogP contribution in [0.5, 0.6) is 5.75 Å². The summed E-state index contributed by atoms with van der Waals surface area (Å²) < 4.78 is 17.6. The molecule has 8 nitrogen and oxygen atoms in total. The van der Waals surface area contributed by atoms with Crippen molar-refractivity contribution in [3.8, 4) is 11.8 Å². The third-order valence-corrected chi connectivity index (χ3v) is 5.71. The SMILES string of the molecule is N#Cc1ccc(N2CCN(c3ccc(NC(=O)c4ccc(OCC(O)CF)cc4)cc3)CC2)nc1. The number of piperazine rings is 1. The number of nitrogens with one attached hydrogen (secondary N) is 1. The first kappa shape index (κ1) is 24.0. The smallest absolute Gasteiger partial charge is 0.255 e. The number of rotatable bonds is 8. The van der Waals surface area contributed by atoms with Crippen LogP contribution in [0.25, 0.3) is 0 Å². The number of carbonyl (C=O) groups is 1. The number of hydrogen-bond donors (Lipinski definition) is 2. The summed E-state index contributed by atoms with van der Waals surface area (Å²) in [5.74, 6) is 1.07. The minimum atomic E-state index is -1.16. The summed E-state index contributed by atoms with van der Waals surface area (Å²) in [5, 5.41) is 21.0. The molecule has 3 aromatic rings. The molecule has 1 amide bonds. The first-order valence-corrected chi connectivity index (χ1v) is 11.3. The van der Waals surface area contributed by atoms with Gasteiger partial charge >= 0.3 is 0 Å². The molecule has 35 heavy (non-hydrogen) atoms. The molecular weight excluding hydrogens is 449 g/mol. The van der Waals surface area contributed by atoms with Crippen molar-refractivity contribution in [2.24, 2.45) is 0 Å². The van der Waals surface area contributed by atoms with Crippen molar-refractivity contribution < 1.29 is 19.0 Å². The molecular formula is C26H26FN5O3. The Kier molecular flexibility index (Phi) is 7.75. The van der Waals surface area contributed by atoms with E-state index in [2.05, 4.69) is 26.2 Å². The number of aromatic nitrogens is 1. The third-order valence-electron chi connectivity index (χ3n) is 5.71. The molecule has 0 saturated carbocycles. The lowest BCUT2D eigenvalue weighted by Crippen LogP contribution is -2.46. The fourth-order valence-electron chi connectivity index (χ4n) is 3.73. The fourth-order valence-corrected chi connectivity index (χ4v) is 3.73. The van der Waals surface area contributed by atoms with E-state index in [1.807, 2.05) is 30.3 Å². The maximum atomic E-state index is 12.6. The highest BCUT2D eigenvalue weighted by molar-refractivity contribution is 6.04. The number of nitrogens with zero attached hydrogens (tertiary/aromatic N) is 4. The van der Waals surface area contributed by atoms with Gasteiger partial charge in [0.05, 0.1) is 5.56 Å². The van der Waals surface area contributed by atoms with E-state index in [1.165, 1.54) is 0 Å². The highest BCUT2D eigenvalue weighted by atomic mass is 19.1. The van der Waals surface area contributed by atoms with Gasteiger partial charge < -0.3 is 25.0 Å². The number of hydrogen-bond acceptors (Lipinski definition) is 7. The number of pyridine rings is 1. The Balaban J connectivity index is 1.28. The van der Waals surface area contributed by atoms with Gasteiger partial charge in [-0.3, -0.25) is 4.79 Å². The molecule has 0 spiro atoms. The number of alkyl halides is 1. The van der Waals surface area contributed by atoms with Gasteiger partial charge in [0.2, 0.25) is 0 Å². The lowest BCUT2D eigenvalue weighted by molar-refractivity contribution is 0.0841. The van der Waals surface area contributed by atoms with Crippen molar-refractivity contribution in [2.45, 2.75) is 6.10 Å². The standard InChI is InChI=1S/C26H26FN5O3/c27-15-23(33)18-35-24-8-2-20(3-9-24)26(34)30-21-4-6-22(7-5-21)31-11-13-32(14-12-31)25-10-1-19(16-28)17-29-25/h1-10,17,23,33H,11-15,18H2,(H,30,34). The summed E-state index contributed by atoms with van der Waals surface area (Å²) in [7, 11) is 0. The second kappa shape index (κ2) is 11.3. The zero-order valence-corrected chi connectivity index (χ0v) is 19.1. The lowest BCUT2D eigenvalue weighted by Gasteiger charge is -2.36. The number of benzene rings is 2. The summed E-state index contributed by atoms with van der Waals surface area (Å²) in [4.78, 5) is 21.4. The molecule has 1 fully saturated rings. The Morgan fingerprint density at radius 1 is 1.06 bits per heavy atom. The topological polar surface area (TPSA) is 102 Å². The molecule has 2 N–H and O–H groups in total. The second-order valence-electron chi connectivity index (χ2n) is 8.14. The quantitative estimate of drug-likeness (QED) is 0.516. The van der Waals surface area contributed by atoms with Crippen molar-refractivity contribution in [1.29, 1.82) is 5.26 Å². The molecule has 2 aromatic carbocycles. The number of halogens is 1. The number of amides is 1. The van der Waals surface area contributed by atoms with Crippen LogP contribution in [-0.4, -0.2) is 61.6 Å². The normalized spacial score (nSPS) is 14.2. The third kappa shape index (κ3) is 6.25. The molecule has 9 heteroatoms. The van der Waals surface area contributed by atoms with E-state index in [-0.39, 0.29) is 12.5 Å². The number of anilines is 3. The van der Waals surface area contributed by atoms with Crippen LogP contribution in [0.2, 0.25) is 0 Å². The summed E-state index contributed by atoms with van der Waals surface area (Å²) in [6.45, 7) is 2.31. The highest BCUT2D eigenvalue weighted by Gasteiger charge is 2.18. The summed E-state index contributed by atoms with van der Waals surface area (Å²) in [5.41, 5.74) is 2.77. The van der Waals surface area contributed by atoms with Crippen LogP contribution in [0, 0.1) is 11.3 Å². The Labute approximate surface area is 203 Å². The van der Waals surface area contributed by atoms with Gasteiger partial charge in [-0.05, 0) is 60.7 Å². The molecule has 1 aliphatic heterocycles. The van der Waals surface area contributed by atoms with Crippen molar-refractivity contribution in [1.82, 2.24) is 4.98 Å². The molecule has 1 aromatic heterocycles. The minimum absolute atomic E-state index is 0.143. The van der Waals surface area contributed by atoms with Gasteiger partial charge in [-0.1, -0.05) is 0 Å². The number of carbonyl (C=O) groups excluding carboxylic acids is 1. The Morgan fingerprint density at radius 2 is 1.74 bits per heavy atom. The van der Waals surface area contributed by atoms with Crippen molar-refractivity contribution in [3.63, 3.8) is 0 Å². The van der Waals surface area contributed by atoms with E-state index in [4.69, 9.17) is 10.00 Å². The van der Waals surface area contributed by atoms with Gasteiger partial charge in [0, 0.05) is 49.3 Å². The molecule has 2 heterocycles. The highest BCUT2D eigenvalue weighted by Crippen LogP contribution is 2.22. The largest absolute Gasteiger partial charge is 0.491 e. The van der Waals surface area contributed by atoms with Gasteiger partial charge in [-0.15, -0.1) is 0 Å². The summed E-state index contributed by atoms with van der Waals surface area (Å²) in [6, 6.07) is 19.9. The van der Waals surface area contributed by atoms with Crippen LogP contribution in [-0.2, 0) is 0 Å². The average molecular weight is 476 g/mol. The van der Waals surface area contributed by atoms with Gasteiger partial charge in [-0.2, -0.15) is 5.26 Å². The summed E-state index contributed by atoms with van der Waals surface area (Å²) >= 11 is 0. The molecule has 0 bridgehead atoms. The molecule has 1 aliphatic rings. The van der Waals surface area contributed by atoms with E-state index < -0.39 is 12.8 Å². The van der Waals surface area contributed by atoms with E-state index in [0.717, 1.165) is 37.7 Å². The molecule has 0 aliphatic carbocycles. The summed E-state index contributed by atoms with van der Waals surface area (Å²) in [6.07, 6.45) is 0.432. The first-order chi connectivity index (χ1) is 17.1. The van der Waals surface area contributed by atoms with Crippen LogP contribution < -0.4 is 19.9 Å². The van der Waals surface area contributed by atoms with Crippen molar-refractivity contribution in [3.05, 3.63) is 78.0 Å². The van der Waals surface area contributed by atoms with Crippen molar-refractivity contribution in [2.75, 3.05) is 54.6 Å². The number of aliphatic hydroxyl groups excluding tert-OH is 1. The molecule has 1 unspecified atom stereocenters. The Hall–Kier alpha value is -4.16. The van der Waals surface area contributed by atoms with Crippen molar-refractivity contribution >= 4 is 23.1 Å². The maximum absolute atomic E-state index is 12.6. The molecule has 180 valence electrons. The number of nitriles is 1. The molecule has 1 atom stereocenters. The van der Waals surface area contributed by atoms with E-state index >= 15 is 0 Å². The first-order valence-electron chi connectivity index (χ1n) is 11.3. The van der Waals surface area contributed by atoms with Crippen LogP contribution in [0.3, 0.4) is 0 Å². The lowest BCUT2D eigenvalue weighted by atomic mass is 10.2. The zero-order valence-electron chi connectivity index (χ0n) is 19.1. The van der Waals surface area contributed by atoms with Crippen LogP contribution in [0.1, 0.15) is 15.9 Å². The zero-order chi connectivity index (χ0) is 24.6. The van der Waals surface area contributed by atoms with E-state index in [1.54, 1.807) is 36.5 Å². The molecule has 4 rings (SSSR count). The van der Waals surface area contributed by atoms with Gasteiger partial charge in [0.15, 0.2) is 0 Å². The number of ether oxygens (including phenoxy) is 1. The maximum Gasteiger partial charge on any atom is 0.255 e. The van der Waals surface area contributed by atoms with Crippen LogP contribution >= 0.6 is 0 Å². The van der Waals surface area contributed by atoms with Gasteiger partial charge in [0.1, 0.15) is 37.0 Å². The minimum Gasteiger partial charge on any atom is -0.491 e. The van der Waals surface area contributed by atoms with E-state index in [9.17, 15) is 14.3 Å². The predicted molar refractivity (Wildman–Crippen MR) is 132 cm³/mol.